The summed E-state index contributed by atoms with van der Waals surface area (Å²) < 4.78 is 10.1. The highest BCUT2D eigenvalue weighted by molar-refractivity contribution is 5.71. The summed E-state index contributed by atoms with van der Waals surface area (Å²) in [6.45, 7) is 6.02. The number of aryl methyl sites for hydroxylation is 2. The predicted octanol–water partition coefficient (Wildman–Crippen LogP) is 1.71. The molecule has 4 rings (SSSR count). The lowest BCUT2D eigenvalue weighted by atomic mass is 10.1. The second-order valence-corrected chi connectivity index (χ2v) is 9.72. The van der Waals surface area contributed by atoms with Crippen LogP contribution < -0.4 is 22.3 Å². The number of aliphatic hydroxyl groups excluding tert-OH is 1. The van der Waals surface area contributed by atoms with Crippen LogP contribution in [0.5, 0.6) is 0 Å². The van der Waals surface area contributed by atoms with Crippen molar-refractivity contribution < 1.29 is 9.52 Å². The fourth-order valence-electron chi connectivity index (χ4n) is 4.63. The van der Waals surface area contributed by atoms with E-state index in [2.05, 4.69) is 22.4 Å². The number of hydrogen-bond acceptors (Lipinski definition) is 9. The summed E-state index contributed by atoms with van der Waals surface area (Å²) >= 11 is 0. The molecule has 0 aliphatic heterocycles. The Morgan fingerprint density at radius 3 is 2.67 bits per heavy atom. The van der Waals surface area contributed by atoms with Crippen LogP contribution in [0.1, 0.15) is 56.8 Å². The lowest BCUT2D eigenvalue weighted by molar-refractivity contribution is 0.167. The van der Waals surface area contributed by atoms with Crippen molar-refractivity contribution in [3.63, 3.8) is 0 Å². The Labute approximate surface area is 226 Å². The number of aromatic nitrogens is 6. The van der Waals surface area contributed by atoms with Gasteiger partial charge in [-0.15, -0.1) is 10.2 Å². The van der Waals surface area contributed by atoms with Crippen LogP contribution in [0.15, 0.2) is 44.7 Å². The van der Waals surface area contributed by atoms with Crippen molar-refractivity contribution >= 4 is 16.9 Å². The van der Waals surface area contributed by atoms with Crippen molar-refractivity contribution in [2.75, 3.05) is 18.8 Å². The van der Waals surface area contributed by atoms with Crippen molar-refractivity contribution in [3.05, 3.63) is 68.8 Å². The Morgan fingerprint density at radius 1 is 1.10 bits per heavy atom. The topological polar surface area (TPSA) is 159 Å². The van der Waals surface area contributed by atoms with Gasteiger partial charge in [-0.3, -0.25) is 13.9 Å². The van der Waals surface area contributed by atoms with E-state index < -0.39 is 6.10 Å². The molecule has 39 heavy (non-hydrogen) atoms. The number of nitrogen functional groups attached to an aromatic ring is 1. The zero-order chi connectivity index (χ0) is 27.8. The maximum absolute atomic E-state index is 13.8. The summed E-state index contributed by atoms with van der Waals surface area (Å²) in [5.41, 5.74) is 7.58. The molecular weight excluding hydrogens is 500 g/mol. The molecule has 0 fully saturated rings. The average molecular weight is 539 g/mol. The van der Waals surface area contributed by atoms with E-state index in [-0.39, 0.29) is 17.7 Å². The Bertz CT molecular complexity index is 1470. The van der Waals surface area contributed by atoms with Crippen LogP contribution in [-0.2, 0) is 32.5 Å². The summed E-state index contributed by atoms with van der Waals surface area (Å²) in [6, 6.07) is 7.55. The largest absolute Gasteiger partial charge is 0.428 e. The van der Waals surface area contributed by atoms with Gasteiger partial charge in [0.2, 0.25) is 12.3 Å². The molecule has 1 unspecified atom stereocenters. The van der Waals surface area contributed by atoms with E-state index in [0.29, 0.717) is 74.1 Å². The Balaban J connectivity index is 1.79. The van der Waals surface area contributed by atoms with Gasteiger partial charge in [0, 0.05) is 38.4 Å². The molecule has 0 saturated carbocycles. The molecule has 1 aromatic carbocycles. The first-order valence-electron chi connectivity index (χ1n) is 13.6. The summed E-state index contributed by atoms with van der Waals surface area (Å²) in [6.07, 6.45) is 4.83. The molecule has 0 saturated heterocycles. The molecule has 3 aromatic heterocycles. The van der Waals surface area contributed by atoms with Crippen molar-refractivity contribution in [1.82, 2.24) is 34.2 Å². The molecule has 210 valence electrons. The monoisotopic (exact) mass is 538 g/mol. The molecule has 12 nitrogen and oxygen atoms in total. The number of hydrogen-bond donors (Lipinski definition) is 3. The highest BCUT2D eigenvalue weighted by atomic mass is 16.4. The van der Waals surface area contributed by atoms with Gasteiger partial charge in [0.25, 0.3) is 5.56 Å². The van der Waals surface area contributed by atoms with Crippen molar-refractivity contribution in [2.45, 2.75) is 78.1 Å². The second kappa shape index (κ2) is 13.3. The number of rotatable bonds is 15. The van der Waals surface area contributed by atoms with Gasteiger partial charge in [-0.2, -0.15) is 0 Å². The van der Waals surface area contributed by atoms with E-state index in [4.69, 9.17) is 15.1 Å². The first-order valence-corrected chi connectivity index (χ1v) is 13.6. The van der Waals surface area contributed by atoms with Gasteiger partial charge >= 0.3 is 5.69 Å². The molecule has 0 aliphatic carbocycles. The number of unbranched alkanes of at least 4 members (excludes halogenated alkanes) is 2. The lowest BCUT2D eigenvalue weighted by Crippen LogP contribution is -2.41. The molecule has 4 aromatic rings. The van der Waals surface area contributed by atoms with Gasteiger partial charge in [-0.05, 0) is 37.0 Å². The van der Waals surface area contributed by atoms with E-state index in [9.17, 15) is 14.7 Å². The molecule has 1 atom stereocenters. The number of fused-ring (bicyclic) bond motifs is 1. The average Bonchev–Trinajstić information content (AvgIpc) is 3.56. The standard InChI is InChI=1S/C27H38N8O4/c1-3-5-6-12-35-26(37)24-25(34(27(35)38)13-10-19-8-7-9-20(28)15-19)31-22(16-23-32-30-18-39-23)33(24)14-11-29-17-21(36)4-2/h7-9,15,18,21,29,36H,3-6,10-14,16-17,28H2,1-2H3. The first-order chi connectivity index (χ1) is 18.9. The van der Waals surface area contributed by atoms with Gasteiger partial charge < -0.3 is 25.1 Å². The Morgan fingerprint density at radius 2 is 1.95 bits per heavy atom. The minimum Gasteiger partial charge on any atom is -0.428 e. The number of nitrogens with zero attached hydrogens (tertiary/aromatic N) is 6. The molecule has 0 spiro atoms. The molecule has 0 aliphatic rings. The van der Waals surface area contributed by atoms with Crippen LogP contribution >= 0.6 is 0 Å². The van der Waals surface area contributed by atoms with Crippen LogP contribution in [0.3, 0.4) is 0 Å². The van der Waals surface area contributed by atoms with Crippen LogP contribution in [0, 0.1) is 0 Å². The third kappa shape index (κ3) is 6.82. The lowest BCUT2D eigenvalue weighted by Gasteiger charge is -2.14. The SMILES string of the molecule is CCCCCn1c(=O)c2c(nc(Cc3nnco3)n2CCNCC(O)CC)n(CCc2cccc(N)c2)c1=O. The predicted molar refractivity (Wildman–Crippen MR) is 149 cm³/mol. The van der Waals surface area contributed by atoms with Gasteiger partial charge in [-0.25, -0.2) is 9.78 Å². The van der Waals surface area contributed by atoms with Gasteiger partial charge in [-0.1, -0.05) is 38.8 Å². The minimum atomic E-state index is -0.449. The first kappa shape index (κ1) is 28.2. The summed E-state index contributed by atoms with van der Waals surface area (Å²) in [7, 11) is 0. The van der Waals surface area contributed by atoms with E-state index in [1.807, 2.05) is 35.8 Å². The third-order valence-corrected chi connectivity index (χ3v) is 6.83. The second-order valence-electron chi connectivity index (χ2n) is 9.72. The molecule has 12 heteroatoms. The van der Waals surface area contributed by atoms with E-state index in [1.165, 1.54) is 11.0 Å². The van der Waals surface area contributed by atoms with E-state index in [1.54, 1.807) is 4.57 Å². The highest BCUT2D eigenvalue weighted by Gasteiger charge is 2.22. The Kier molecular flexibility index (Phi) is 9.66. The van der Waals surface area contributed by atoms with Crippen LogP contribution in [0.4, 0.5) is 5.69 Å². The smallest absolute Gasteiger partial charge is 0.332 e. The quantitative estimate of drug-likeness (QED) is 0.151. The highest BCUT2D eigenvalue weighted by Crippen LogP contribution is 2.16. The maximum Gasteiger partial charge on any atom is 0.332 e. The fourth-order valence-corrected chi connectivity index (χ4v) is 4.63. The molecule has 3 heterocycles. The maximum atomic E-state index is 13.8. The van der Waals surface area contributed by atoms with Gasteiger partial charge in [0.1, 0.15) is 5.82 Å². The number of nitrogens with one attached hydrogen (secondary N) is 1. The molecular formula is C27H38N8O4. The minimum absolute atomic E-state index is 0.213. The zero-order valence-electron chi connectivity index (χ0n) is 22.7. The van der Waals surface area contributed by atoms with Crippen LogP contribution in [0.25, 0.3) is 11.2 Å². The summed E-state index contributed by atoms with van der Waals surface area (Å²) in [4.78, 5) is 32.3. The van der Waals surface area contributed by atoms with Crippen molar-refractivity contribution in [2.24, 2.45) is 0 Å². The van der Waals surface area contributed by atoms with Gasteiger partial charge in [0.15, 0.2) is 11.2 Å². The third-order valence-electron chi connectivity index (χ3n) is 6.83. The van der Waals surface area contributed by atoms with Crippen LogP contribution in [0.2, 0.25) is 0 Å². The van der Waals surface area contributed by atoms with Crippen molar-refractivity contribution in [3.8, 4) is 0 Å². The number of nitrogens with two attached hydrogens (primary N) is 1. The van der Waals surface area contributed by atoms with Crippen molar-refractivity contribution in [1.29, 1.82) is 0 Å². The van der Waals surface area contributed by atoms with E-state index >= 15 is 0 Å². The number of aliphatic hydroxyl groups is 1. The normalized spacial score (nSPS) is 12.4. The fraction of sp³-hybridized carbons (Fsp3) is 0.519. The molecule has 0 bridgehead atoms. The number of anilines is 1. The summed E-state index contributed by atoms with van der Waals surface area (Å²) in [5.74, 6) is 0.908. The number of benzene rings is 1. The number of imidazole rings is 1. The molecule has 0 amide bonds. The summed E-state index contributed by atoms with van der Waals surface area (Å²) in [5, 5.41) is 20.9. The van der Waals surface area contributed by atoms with E-state index in [0.717, 1.165) is 24.8 Å². The zero-order valence-corrected chi connectivity index (χ0v) is 22.7. The van der Waals surface area contributed by atoms with Gasteiger partial charge in [0.05, 0.1) is 12.5 Å². The molecule has 0 radical (unpaired) electrons. The van der Waals surface area contributed by atoms with Crippen LogP contribution in [-0.4, -0.2) is 53.2 Å². The molecule has 4 N–H and O–H groups in total. The Hall–Kier alpha value is -3.77.